The fraction of sp³-hybridized carbons (Fsp3) is 0.567. The molecule has 6 heteroatoms. The highest BCUT2D eigenvalue weighted by atomic mass is 28.4. The standard InChI is InChI=1S/C30H44O4Si2/c1-29(2,3)35(7,8)33-22-13-11-20(12-14-22)28-26-18-21(31)17-24(26)25-19-23(15-16-27(25)32-28)34-36(9,10)30(4,5)6/h11-16,19,24,26,28H,17-18H2,1-10H3/t24-,26-,28-/m0/s1. The number of hydrogen-bond donors (Lipinski definition) is 0. The Morgan fingerprint density at radius 1 is 0.778 bits per heavy atom. The summed E-state index contributed by atoms with van der Waals surface area (Å²) in [5.74, 6) is 3.30. The smallest absolute Gasteiger partial charge is 0.250 e. The summed E-state index contributed by atoms with van der Waals surface area (Å²) in [6.07, 6.45) is 1.00. The second-order valence-electron chi connectivity index (χ2n) is 13.7. The van der Waals surface area contributed by atoms with Crippen LogP contribution in [-0.2, 0) is 4.79 Å². The highest BCUT2D eigenvalue weighted by molar-refractivity contribution is 6.75. The molecule has 0 bridgehead atoms. The molecule has 4 rings (SSSR count). The van der Waals surface area contributed by atoms with Gasteiger partial charge >= 0.3 is 0 Å². The third-order valence-electron chi connectivity index (χ3n) is 9.02. The molecule has 196 valence electrons. The zero-order chi connectivity index (χ0) is 26.7. The molecule has 1 aliphatic heterocycles. The van der Waals surface area contributed by atoms with Gasteiger partial charge in [-0.05, 0) is 72.2 Å². The SMILES string of the molecule is CC(C)(C)[Si](C)(C)Oc1ccc([C@@H]2Oc3ccc(O[Si](C)(C)C(C)(C)C)cc3[C@@H]3CC(=O)C[C@@H]32)cc1. The number of ether oxygens (including phenoxy) is 1. The highest BCUT2D eigenvalue weighted by Gasteiger charge is 2.46. The maximum Gasteiger partial charge on any atom is 0.250 e. The van der Waals surface area contributed by atoms with E-state index in [1.807, 2.05) is 12.1 Å². The van der Waals surface area contributed by atoms with Gasteiger partial charge in [0, 0.05) is 30.2 Å². The molecular formula is C30H44O4Si2. The number of rotatable bonds is 5. The van der Waals surface area contributed by atoms with Crippen molar-refractivity contribution in [2.24, 2.45) is 5.92 Å². The van der Waals surface area contributed by atoms with E-state index < -0.39 is 16.6 Å². The molecule has 0 aromatic heterocycles. The van der Waals surface area contributed by atoms with Crippen molar-refractivity contribution in [1.29, 1.82) is 0 Å². The van der Waals surface area contributed by atoms with Gasteiger partial charge in [-0.25, -0.2) is 0 Å². The molecule has 2 aliphatic rings. The first kappa shape index (κ1) is 27.0. The van der Waals surface area contributed by atoms with E-state index in [-0.39, 0.29) is 28.0 Å². The van der Waals surface area contributed by atoms with Gasteiger partial charge in [0.05, 0.1) is 0 Å². The first-order chi connectivity index (χ1) is 16.5. The third kappa shape index (κ3) is 5.17. The summed E-state index contributed by atoms with van der Waals surface area (Å²) in [4.78, 5) is 12.7. The molecule has 1 fully saturated rings. The number of carbonyl (C=O) groups is 1. The molecule has 1 saturated carbocycles. The van der Waals surface area contributed by atoms with Gasteiger partial charge in [-0.1, -0.05) is 53.7 Å². The maximum absolute atomic E-state index is 12.7. The van der Waals surface area contributed by atoms with Gasteiger partial charge in [0.25, 0.3) is 0 Å². The second kappa shape index (κ2) is 9.05. The Morgan fingerprint density at radius 2 is 1.31 bits per heavy atom. The number of carbonyl (C=O) groups excluding carboxylic acids is 1. The van der Waals surface area contributed by atoms with Crippen molar-refractivity contribution in [2.75, 3.05) is 0 Å². The Balaban J connectivity index is 1.60. The Morgan fingerprint density at radius 3 is 1.86 bits per heavy atom. The minimum atomic E-state index is -1.96. The normalized spacial score (nSPS) is 22.5. The predicted octanol–water partition coefficient (Wildman–Crippen LogP) is 8.65. The van der Waals surface area contributed by atoms with E-state index in [0.29, 0.717) is 18.6 Å². The predicted molar refractivity (Wildman–Crippen MR) is 152 cm³/mol. The molecule has 1 heterocycles. The van der Waals surface area contributed by atoms with E-state index in [2.05, 4.69) is 98.1 Å². The Hall–Kier alpha value is -2.06. The van der Waals surface area contributed by atoms with Crippen molar-refractivity contribution in [3.8, 4) is 17.2 Å². The van der Waals surface area contributed by atoms with Crippen LogP contribution < -0.4 is 13.6 Å². The van der Waals surface area contributed by atoms with Crippen LogP contribution in [0.25, 0.3) is 0 Å². The molecule has 36 heavy (non-hydrogen) atoms. The molecule has 4 nitrogen and oxygen atoms in total. The summed E-state index contributed by atoms with van der Waals surface area (Å²) < 4.78 is 19.7. The Bertz CT molecular complexity index is 1120. The van der Waals surface area contributed by atoms with Crippen LogP contribution in [0.4, 0.5) is 0 Å². The largest absolute Gasteiger partial charge is 0.544 e. The van der Waals surface area contributed by atoms with Gasteiger partial charge in [0.2, 0.25) is 16.6 Å². The monoisotopic (exact) mass is 524 g/mol. The molecule has 0 spiro atoms. The van der Waals surface area contributed by atoms with Crippen LogP contribution in [0.15, 0.2) is 42.5 Å². The summed E-state index contributed by atoms with van der Waals surface area (Å²) in [6.45, 7) is 22.6. The quantitative estimate of drug-likeness (QED) is 0.367. The van der Waals surface area contributed by atoms with Gasteiger partial charge in [-0.3, -0.25) is 4.79 Å². The first-order valence-electron chi connectivity index (χ1n) is 13.3. The van der Waals surface area contributed by atoms with Gasteiger partial charge in [0.15, 0.2) is 0 Å². The maximum atomic E-state index is 12.7. The number of ketones is 1. The number of fused-ring (bicyclic) bond motifs is 3. The highest BCUT2D eigenvalue weighted by Crippen LogP contribution is 2.54. The van der Waals surface area contributed by atoms with Crippen molar-refractivity contribution in [1.82, 2.24) is 0 Å². The van der Waals surface area contributed by atoms with Crippen molar-refractivity contribution >= 4 is 22.4 Å². The molecule has 0 unspecified atom stereocenters. The number of hydrogen-bond acceptors (Lipinski definition) is 4. The topological polar surface area (TPSA) is 44.8 Å². The molecule has 0 N–H and O–H groups in total. The minimum Gasteiger partial charge on any atom is -0.544 e. The summed E-state index contributed by atoms with van der Waals surface area (Å²) in [5, 5.41) is 0.267. The van der Waals surface area contributed by atoms with Crippen LogP contribution in [0, 0.1) is 5.92 Å². The molecular weight excluding hydrogens is 480 g/mol. The average Bonchev–Trinajstić information content (AvgIpc) is 3.13. The van der Waals surface area contributed by atoms with Crippen LogP contribution in [0.2, 0.25) is 36.3 Å². The van der Waals surface area contributed by atoms with E-state index >= 15 is 0 Å². The molecule has 2 aromatic rings. The number of benzene rings is 2. The molecule has 0 saturated heterocycles. The van der Waals surface area contributed by atoms with Crippen LogP contribution in [-0.4, -0.2) is 22.4 Å². The van der Waals surface area contributed by atoms with E-state index in [0.717, 1.165) is 28.4 Å². The van der Waals surface area contributed by atoms with Crippen LogP contribution in [0.5, 0.6) is 17.2 Å². The fourth-order valence-corrected chi connectivity index (χ4v) is 6.75. The molecule has 2 aromatic carbocycles. The van der Waals surface area contributed by atoms with Gasteiger partial charge < -0.3 is 13.6 Å². The number of Topliss-reactive ketones (excluding diaryl/α,β-unsaturated/α-hetero) is 1. The van der Waals surface area contributed by atoms with Gasteiger partial charge in [-0.2, -0.15) is 0 Å². The molecule has 0 amide bonds. The zero-order valence-electron chi connectivity index (χ0n) is 23.8. The summed E-state index contributed by atoms with van der Waals surface area (Å²) in [7, 11) is -3.86. The van der Waals surface area contributed by atoms with Crippen molar-refractivity contribution in [3.63, 3.8) is 0 Å². The Labute approximate surface area is 220 Å². The van der Waals surface area contributed by atoms with Crippen LogP contribution >= 0.6 is 0 Å². The summed E-state index contributed by atoms with van der Waals surface area (Å²) in [6, 6.07) is 14.6. The van der Waals surface area contributed by atoms with E-state index in [1.165, 1.54) is 0 Å². The lowest BCUT2D eigenvalue weighted by Gasteiger charge is -2.38. The van der Waals surface area contributed by atoms with Crippen molar-refractivity contribution in [3.05, 3.63) is 53.6 Å². The van der Waals surface area contributed by atoms with Gasteiger partial charge in [-0.15, -0.1) is 0 Å². The Kier molecular flexibility index (Phi) is 6.79. The van der Waals surface area contributed by atoms with Gasteiger partial charge in [0.1, 0.15) is 29.1 Å². The third-order valence-corrected chi connectivity index (χ3v) is 17.7. The van der Waals surface area contributed by atoms with Crippen molar-refractivity contribution in [2.45, 2.75) is 103 Å². The van der Waals surface area contributed by atoms with E-state index in [9.17, 15) is 4.79 Å². The minimum absolute atomic E-state index is 0.122. The first-order valence-corrected chi connectivity index (χ1v) is 19.1. The molecule has 0 radical (unpaired) electrons. The molecule has 1 aliphatic carbocycles. The fourth-order valence-electron chi connectivity index (χ4n) is 4.69. The summed E-state index contributed by atoms with van der Waals surface area (Å²) in [5.41, 5.74) is 2.23. The zero-order valence-corrected chi connectivity index (χ0v) is 25.8. The second-order valence-corrected chi connectivity index (χ2v) is 23.2. The lowest BCUT2D eigenvalue weighted by atomic mass is 9.80. The van der Waals surface area contributed by atoms with Crippen molar-refractivity contribution < 1.29 is 18.4 Å². The summed E-state index contributed by atoms with van der Waals surface area (Å²) >= 11 is 0. The lowest BCUT2D eigenvalue weighted by Crippen LogP contribution is -2.43. The van der Waals surface area contributed by atoms with Crippen LogP contribution in [0.1, 0.15) is 77.5 Å². The van der Waals surface area contributed by atoms with E-state index in [4.69, 9.17) is 13.6 Å². The molecule has 3 atom stereocenters. The lowest BCUT2D eigenvalue weighted by molar-refractivity contribution is -0.117. The van der Waals surface area contributed by atoms with E-state index in [1.54, 1.807) is 0 Å². The van der Waals surface area contributed by atoms with Crippen LogP contribution in [0.3, 0.4) is 0 Å². The average molecular weight is 525 g/mol.